The second kappa shape index (κ2) is 4.55. The molecule has 1 heterocycles. The molecule has 1 aromatic rings. The summed E-state index contributed by atoms with van der Waals surface area (Å²) in [5.41, 5.74) is 5.99. The van der Waals surface area contributed by atoms with E-state index in [1.165, 1.54) is 0 Å². The van der Waals surface area contributed by atoms with E-state index in [-0.39, 0.29) is 17.5 Å². The maximum absolute atomic E-state index is 10.7. The summed E-state index contributed by atoms with van der Waals surface area (Å²) >= 11 is 0. The Kier molecular flexibility index (Phi) is 3.57. The van der Waals surface area contributed by atoms with Crippen LogP contribution in [0.1, 0.15) is 34.1 Å². The van der Waals surface area contributed by atoms with Gasteiger partial charge < -0.3 is 11.1 Å². The minimum atomic E-state index is -0.303. The van der Waals surface area contributed by atoms with Gasteiger partial charge in [0.15, 0.2) is 0 Å². The number of rotatable bonds is 4. The molecule has 1 unspecified atom stereocenters. The number of hydrogen-bond acceptors (Lipinski definition) is 3. The van der Waals surface area contributed by atoms with E-state index in [1.807, 2.05) is 17.8 Å². The van der Waals surface area contributed by atoms with E-state index in [0.717, 1.165) is 5.69 Å². The van der Waals surface area contributed by atoms with Gasteiger partial charge in [0, 0.05) is 18.7 Å². The summed E-state index contributed by atoms with van der Waals surface area (Å²) in [5.74, 6) is -0.303. The number of anilines is 1. The van der Waals surface area contributed by atoms with Gasteiger partial charge in [0.2, 0.25) is 5.91 Å². The lowest BCUT2D eigenvalue weighted by Gasteiger charge is -2.19. The van der Waals surface area contributed by atoms with Gasteiger partial charge in [-0.15, -0.1) is 0 Å². The van der Waals surface area contributed by atoms with Crippen LogP contribution in [-0.4, -0.2) is 21.7 Å². The van der Waals surface area contributed by atoms with E-state index in [2.05, 4.69) is 31.2 Å². The molecule has 3 N–H and O–H groups in total. The molecule has 0 aliphatic heterocycles. The third kappa shape index (κ3) is 3.56. The van der Waals surface area contributed by atoms with Gasteiger partial charge in [-0.1, -0.05) is 0 Å². The number of carbonyl (C=O) groups is 1. The van der Waals surface area contributed by atoms with Gasteiger partial charge in [-0.25, -0.2) is 0 Å². The van der Waals surface area contributed by atoms with E-state index in [0.29, 0.717) is 6.42 Å². The third-order valence-electron chi connectivity index (χ3n) is 2.19. The van der Waals surface area contributed by atoms with Crippen molar-refractivity contribution in [3.8, 4) is 0 Å². The predicted molar refractivity (Wildman–Crippen MR) is 64.1 cm³/mol. The Bertz CT molecular complexity index is 364. The van der Waals surface area contributed by atoms with Gasteiger partial charge >= 0.3 is 0 Å². The predicted octanol–water partition coefficient (Wildman–Crippen LogP) is 1.31. The van der Waals surface area contributed by atoms with E-state index < -0.39 is 0 Å². The molecule has 1 rings (SSSR count). The van der Waals surface area contributed by atoms with Crippen LogP contribution >= 0.6 is 0 Å². The molecule has 0 saturated heterocycles. The summed E-state index contributed by atoms with van der Waals surface area (Å²) in [5, 5.41) is 7.44. The molecule has 0 fully saturated rings. The van der Waals surface area contributed by atoms with Crippen molar-refractivity contribution in [2.75, 3.05) is 5.32 Å². The number of nitrogens with zero attached hydrogens (tertiary/aromatic N) is 2. The molecule has 0 saturated carbocycles. The molecule has 0 radical (unpaired) electrons. The topological polar surface area (TPSA) is 72.9 Å². The lowest BCUT2D eigenvalue weighted by atomic mass is 10.1. The summed E-state index contributed by atoms with van der Waals surface area (Å²) < 4.78 is 1.88. The molecule has 0 aliphatic carbocycles. The van der Waals surface area contributed by atoms with Gasteiger partial charge in [-0.3, -0.25) is 9.48 Å². The van der Waals surface area contributed by atoms with Gasteiger partial charge in [0.25, 0.3) is 0 Å². The average molecular weight is 224 g/mol. The number of nitrogens with two attached hydrogens (primary N) is 1. The molecule has 0 spiro atoms. The van der Waals surface area contributed by atoms with Crippen molar-refractivity contribution in [2.24, 2.45) is 5.73 Å². The lowest BCUT2D eigenvalue weighted by molar-refractivity contribution is -0.118. The van der Waals surface area contributed by atoms with Crippen LogP contribution in [-0.2, 0) is 10.3 Å². The fourth-order valence-corrected chi connectivity index (χ4v) is 1.40. The number of carbonyl (C=O) groups excluding carboxylic acids is 1. The molecule has 5 nitrogen and oxygen atoms in total. The summed E-state index contributed by atoms with van der Waals surface area (Å²) in [6, 6.07) is 0.0233. The maximum Gasteiger partial charge on any atom is 0.219 e. The zero-order valence-corrected chi connectivity index (χ0v) is 10.3. The first-order chi connectivity index (χ1) is 7.29. The fourth-order valence-electron chi connectivity index (χ4n) is 1.40. The smallest absolute Gasteiger partial charge is 0.219 e. The van der Waals surface area contributed by atoms with Crippen molar-refractivity contribution in [3.63, 3.8) is 0 Å². The largest absolute Gasteiger partial charge is 0.380 e. The third-order valence-corrected chi connectivity index (χ3v) is 2.19. The first-order valence-corrected chi connectivity index (χ1v) is 5.39. The molecule has 90 valence electrons. The zero-order valence-electron chi connectivity index (χ0n) is 10.3. The second-order valence-electron chi connectivity index (χ2n) is 5.06. The standard InChI is InChI=1S/C11H20N4O/c1-8(5-10(12)16)14-9-6-13-15(7-9)11(2,3)4/h6-8,14H,5H2,1-4H3,(H2,12,16). The molecule has 16 heavy (non-hydrogen) atoms. The highest BCUT2D eigenvalue weighted by atomic mass is 16.1. The van der Waals surface area contributed by atoms with Gasteiger partial charge in [-0.05, 0) is 27.7 Å². The molecule has 0 aliphatic rings. The summed E-state index contributed by atoms with van der Waals surface area (Å²) in [6.45, 7) is 8.16. The van der Waals surface area contributed by atoms with Crippen molar-refractivity contribution in [3.05, 3.63) is 12.4 Å². The first kappa shape index (κ1) is 12.5. The van der Waals surface area contributed by atoms with Crippen LogP contribution < -0.4 is 11.1 Å². The molecular weight excluding hydrogens is 204 g/mol. The summed E-state index contributed by atoms with van der Waals surface area (Å²) in [4.78, 5) is 10.7. The molecule has 0 aromatic carbocycles. The average Bonchev–Trinajstić information content (AvgIpc) is 2.49. The first-order valence-electron chi connectivity index (χ1n) is 5.39. The van der Waals surface area contributed by atoms with Gasteiger partial charge in [-0.2, -0.15) is 5.10 Å². The highest BCUT2D eigenvalue weighted by Gasteiger charge is 2.14. The number of primary amides is 1. The Balaban J connectivity index is 2.62. The molecule has 5 heteroatoms. The summed E-state index contributed by atoms with van der Waals surface area (Å²) in [6.07, 6.45) is 4.00. The van der Waals surface area contributed by atoms with E-state index in [4.69, 9.17) is 5.73 Å². The second-order valence-corrected chi connectivity index (χ2v) is 5.06. The highest BCUT2D eigenvalue weighted by Crippen LogP contribution is 2.16. The number of nitrogens with one attached hydrogen (secondary N) is 1. The molecule has 1 aromatic heterocycles. The Morgan fingerprint density at radius 1 is 1.62 bits per heavy atom. The SMILES string of the molecule is CC(CC(N)=O)Nc1cnn(C(C)(C)C)c1. The number of amides is 1. The normalized spacial score (nSPS) is 13.5. The quantitative estimate of drug-likeness (QED) is 0.810. The Morgan fingerprint density at radius 2 is 2.25 bits per heavy atom. The molecule has 0 bridgehead atoms. The Hall–Kier alpha value is -1.52. The lowest BCUT2D eigenvalue weighted by Crippen LogP contribution is -2.24. The molecule has 1 amide bonds. The van der Waals surface area contributed by atoms with Crippen molar-refractivity contribution in [2.45, 2.75) is 45.7 Å². The van der Waals surface area contributed by atoms with Crippen LogP contribution in [0.25, 0.3) is 0 Å². The minimum Gasteiger partial charge on any atom is -0.380 e. The van der Waals surface area contributed by atoms with Crippen molar-refractivity contribution >= 4 is 11.6 Å². The number of aromatic nitrogens is 2. The Labute approximate surface area is 96.0 Å². The van der Waals surface area contributed by atoms with Gasteiger partial charge in [0.1, 0.15) is 0 Å². The van der Waals surface area contributed by atoms with Crippen molar-refractivity contribution in [1.82, 2.24) is 9.78 Å². The van der Waals surface area contributed by atoms with Gasteiger partial charge in [0.05, 0.1) is 17.4 Å². The summed E-state index contributed by atoms with van der Waals surface area (Å²) in [7, 11) is 0. The van der Waals surface area contributed by atoms with E-state index in [1.54, 1.807) is 6.20 Å². The maximum atomic E-state index is 10.7. The van der Waals surface area contributed by atoms with Crippen LogP contribution in [0.4, 0.5) is 5.69 Å². The van der Waals surface area contributed by atoms with E-state index >= 15 is 0 Å². The van der Waals surface area contributed by atoms with Crippen LogP contribution in [0.2, 0.25) is 0 Å². The van der Waals surface area contributed by atoms with Crippen LogP contribution in [0, 0.1) is 0 Å². The minimum absolute atomic E-state index is 0.0233. The van der Waals surface area contributed by atoms with Crippen LogP contribution in [0.3, 0.4) is 0 Å². The highest BCUT2D eigenvalue weighted by molar-refractivity contribution is 5.74. The Morgan fingerprint density at radius 3 is 2.69 bits per heavy atom. The van der Waals surface area contributed by atoms with Crippen molar-refractivity contribution < 1.29 is 4.79 Å². The van der Waals surface area contributed by atoms with Crippen LogP contribution in [0.5, 0.6) is 0 Å². The molecule has 1 atom stereocenters. The fraction of sp³-hybridized carbons (Fsp3) is 0.636. The van der Waals surface area contributed by atoms with E-state index in [9.17, 15) is 4.79 Å². The van der Waals surface area contributed by atoms with Crippen molar-refractivity contribution in [1.29, 1.82) is 0 Å². The molecular formula is C11H20N4O. The monoisotopic (exact) mass is 224 g/mol. The number of hydrogen-bond donors (Lipinski definition) is 2. The van der Waals surface area contributed by atoms with Crippen LogP contribution in [0.15, 0.2) is 12.4 Å². The zero-order chi connectivity index (χ0) is 12.3.